The van der Waals surface area contributed by atoms with Crippen LogP contribution >= 0.6 is 11.6 Å². The normalized spacial score (nSPS) is 21.5. The quantitative estimate of drug-likeness (QED) is 0.805. The Hall–Kier alpha value is -0.580. The van der Waals surface area contributed by atoms with Crippen molar-refractivity contribution < 1.29 is 8.42 Å². The van der Waals surface area contributed by atoms with Crippen LogP contribution in [-0.2, 0) is 10.0 Å². The SMILES string of the molecule is Cc1ccc(C)c(S(=O)(=O)N2CCCCC2CCl)c1. The van der Waals surface area contributed by atoms with Gasteiger partial charge in [0.1, 0.15) is 0 Å². The first-order chi connectivity index (χ1) is 8.96. The summed E-state index contributed by atoms with van der Waals surface area (Å²) < 4.78 is 27.2. The lowest BCUT2D eigenvalue weighted by Gasteiger charge is -2.33. The molecule has 0 aromatic heterocycles. The number of benzene rings is 1. The zero-order valence-corrected chi connectivity index (χ0v) is 13.0. The minimum atomic E-state index is -3.43. The van der Waals surface area contributed by atoms with E-state index >= 15 is 0 Å². The zero-order chi connectivity index (χ0) is 14.0. The third-order valence-electron chi connectivity index (χ3n) is 3.68. The van der Waals surface area contributed by atoms with Gasteiger partial charge in [-0.25, -0.2) is 8.42 Å². The fourth-order valence-corrected chi connectivity index (χ4v) is 4.96. The summed E-state index contributed by atoms with van der Waals surface area (Å²) in [5.41, 5.74) is 1.76. The molecule has 0 spiro atoms. The lowest BCUT2D eigenvalue weighted by atomic mass is 10.1. The van der Waals surface area contributed by atoms with Gasteiger partial charge in [0, 0.05) is 18.5 Å². The van der Waals surface area contributed by atoms with Crippen molar-refractivity contribution >= 4 is 21.6 Å². The molecule has 0 amide bonds. The summed E-state index contributed by atoms with van der Waals surface area (Å²) in [6.45, 7) is 4.33. The van der Waals surface area contributed by atoms with E-state index in [-0.39, 0.29) is 6.04 Å². The number of alkyl halides is 1. The van der Waals surface area contributed by atoms with Crippen LogP contribution in [0.2, 0.25) is 0 Å². The molecular formula is C14H20ClNO2S. The highest BCUT2D eigenvalue weighted by atomic mass is 35.5. The molecule has 5 heteroatoms. The van der Waals surface area contributed by atoms with Crippen LogP contribution in [0.1, 0.15) is 30.4 Å². The molecule has 1 aromatic rings. The van der Waals surface area contributed by atoms with Gasteiger partial charge < -0.3 is 0 Å². The van der Waals surface area contributed by atoms with Crippen molar-refractivity contribution in [3.63, 3.8) is 0 Å². The molecule has 0 N–H and O–H groups in total. The monoisotopic (exact) mass is 301 g/mol. The van der Waals surface area contributed by atoms with Crippen molar-refractivity contribution in [1.29, 1.82) is 0 Å². The molecule has 3 nitrogen and oxygen atoms in total. The van der Waals surface area contributed by atoms with Gasteiger partial charge in [0.15, 0.2) is 0 Å². The highest BCUT2D eigenvalue weighted by Gasteiger charge is 2.33. The molecule has 0 aliphatic carbocycles. The van der Waals surface area contributed by atoms with Crippen molar-refractivity contribution in [3.05, 3.63) is 29.3 Å². The fraction of sp³-hybridized carbons (Fsp3) is 0.571. The van der Waals surface area contributed by atoms with Crippen LogP contribution in [0.5, 0.6) is 0 Å². The molecule has 1 fully saturated rings. The van der Waals surface area contributed by atoms with Crippen LogP contribution < -0.4 is 0 Å². The van der Waals surface area contributed by atoms with Crippen LogP contribution in [0.15, 0.2) is 23.1 Å². The minimum Gasteiger partial charge on any atom is -0.207 e. The Morgan fingerprint density at radius 1 is 1.32 bits per heavy atom. The van der Waals surface area contributed by atoms with Gasteiger partial charge in [-0.1, -0.05) is 18.6 Å². The van der Waals surface area contributed by atoms with Gasteiger partial charge in [-0.3, -0.25) is 0 Å². The molecule has 0 saturated carbocycles. The molecule has 1 aliphatic rings. The number of rotatable bonds is 3. The number of hydrogen-bond donors (Lipinski definition) is 0. The van der Waals surface area contributed by atoms with Crippen molar-refractivity contribution in [2.45, 2.75) is 44.0 Å². The summed E-state index contributed by atoms with van der Waals surface area (Å²) in [6.07, 6.45) is 2.82. The van der Waals surface area contributed by atoms with Gasteiger partial charge in [-0.15, -0.1) is 11.6 Å². The zero-order valence-electron chi connectivity index (χ0n) is 11.4. The maximum atomic E-state index is 12.8. The Morgan fingerprint density at radius 2 is 2.05 bits per heavy atom. The molecule has 1 saturated heterocycles. The fourth-order valence-electron chi connectivity index (χ4n) is 2.56. The van der Waals surface area contributed by atoms with E-state index in [1.54, 1.807) is 10.4 Å². The largest absolute Gasteiger partial charge is 0.243 e. The highest BCUT2D eigenvalue weighted by Crippen LogP contribution is 2.28. The van der Waals surface area contributed by atoms with Gasteiger partial charge in [-0.05, 0) is 43.9 Å². The number of hydrogen-bond acceptors (Lipinski definition) is 2. The third-order valence-corrected chi connectivity index (χ3v) is 6.13. The van der Waals surface area contributed by atoms with E-state index < -0.39 is 10.0 Å². The van der Waals surface area contributed by atoms with E-state index in [4.69, 9.17) is 11.6 Å². The van der Waals surface area contributed by atoms with Crippen LogP contribution in [0, 0.1) is 13.8 Å². The lowest BCUT2D eigenvalue weighted by molar-refractivity contribution is 0.271. The lowest BCUT2D eigenvalue weighted by Crippen LogP contribution is -2.44. The second-order valence-corrected chi connectivity index (χ2v) is 7.36. The van der Waals surface area contributed by atoms with Crippen molar-refractivity contribution in [1.82, 2.24) is 4.31 Å². The topological polar surface area (TPSA) is 37.4 Å². The first-order valence-electron chi connectivity index (χ1n) is 6.62. The molecule has 1 atom stereocenters. The van der Waals surface area contributed by atoms with E-state index in [1.165, 1.54) is 0 Å². The maximum Gasteiger partial charge on any atom is 0.243 e. The summed E-state index contributed by atoms with van der Waals surface area (Å²) in [5.74, 6) is 0.365. The molecular weight excluding hydrogens is 282 g/mol. The van der Waals surface area contributed by atoms with Gasteiger partial charge >= 0.3 is 0 Å². The second-order valence-electron chi connectivity index (χ2n) is 5.19. The van der Waals surface area contributed by atoms with E-state index in [0.717, 1.165) is 30.4 Å². The molecule has 1 aliphatic heterocycles. The summed E-state index contributed by atoms with van der Waals surface area (Å²) in [4.78, 5) is 0.421. The number of nitrogens with zero attached hydrogens (tertiary/aromatic N) is 1. The minimum absolute atomic E-state index is 0.0691. The van der Waals surface area contributed by atoms with Crippen LogP contribution in [-0.4, -0.2) is 31.2 Å². The summed E-state index contributed by atoms with van der Waals surface area (Å²) in [7, 11) is -3.43. The summed E-state index contributed by atoms with van der Waals surface area (Å²) in [6, 6.07) is 5.48. The Balaban J connectivity index is 2.43. The molecule has 1 aromatic carbocycles. The van der Waals surface area contributed by atoms with Crippen LogP contribution in [0.25, 0.3) is 0 Å². The van der Waals surface area contributed by atoms with Gasteiger partial charge in [0.05, 0.1) is 4.90 Å². The molecule has 0 radical (unpaired) electrons. The Morgan fingerprint density at radius 3 is 2.74 bits per heavy atom. The Labute approximate surface area is 120 Å². The highest BCUT2D eigenvalue weighted by molar-refractivity contribution is 7.89. The predicted molar refractivity (Wildman–Crippen MR) is 78.2 cm³/mol. The summed E-state index contributed by atoms with van der Waals surface area (Å²) in [5, 5.41) is 0. The van der Waals surface area contributed by atoms with Crippen LogP contribution in [0.4, 0.5) is 0 Å². The standard InChI is InChI=1S/C14H20ClNO2S/c1-11-6-7-12(2)14(9-11)19(17,18)16-8-4-3-5-13(16)10-15/h6-7,9,13H,3-5,8,10H2,1-2H3. The van der Waals surface area contributed by atoms with Gasteiger partial charge in [0.25, 0.3) is 0 Å². The third kappa shape index (κ3) is 2.96. The molecule has 19 heavy (non-hydrogen) atoms. The second kappa shape index (κ2) is 5.81. The first-order valence-corrected chi connectivity index (χ1v) is 8.59. The van der Waals surface area contributed by atoms with E-state index in [0.29, 0.717) is 17.3 Å². The Kier molecular flexibility index (Phi) is 4.54. The molecule has 1 unspecified atom stereocenters. The average Bonchev–Trinajstić information content (AvgIpc) is 2.41. The molecule has 106 valence electrons. The number of piperidine rings is 1. The number of sulfonamides is 1. The summed E-state index contributed by atoms with van der Waals surface area (Å²) >= 11 is 5.93. The first kappa shape index (κ1) is 14.8. The van der Waals surface area contributed by atoms with E-state index in [2.05, 4.69) is 0 Å². The average molecular weight is 302 g/mol. The number of halogens is 1. The molecule has 2 rings (SSSR count). The van der Waals surface area contributed by atoms with Crippen molar-refractivity contribution in [3.8, 4) is 0 Å². The number of aryl methyl sites for hydroxylation is 2. The smallest absolute Gasteiger partial charge is 0.207 e. The van der Waals surface area contributed by atoms with E-state index in [1.807, 2.05) is 26.0 Å². The molecule has 1 heterocycles. The predicted octanol–water partition coefficient (Wildman–Crippen LogP) is 3.09. The molecule has 0 bridgehead atoms. The Bertz CT molecular complexity index is 557. The maximum absolute atomic E-state index is 12.8. The van der Waals surface area contributed by atoms with Gasteiger partial charge in [0.2, 0.25) is 10.0 Å². The van der Waals surface area contributed by atoms with Gasteiger partial charge in [-0.2, -0.15) is 4.31 Å². The van der Waals surface area contributed by atoms with Crippen molar-refractivity contribution in [2.75, 3.05) is 12.4 Å². The van der Waals surface area contributed by atoms with Crippen molar-refractivity contribution in [2.24, 2.45) is 0 Å². The van der Waals surface area contributed by atoms with E-state index in [9.17, 15) is 8.42 Å². The van der Waals surface area contributed by atoms with Crippen LogP contribution in [0.3, 0.4) is 0 Å².